The molecule has 2 heterocycles. The van der Waals surface area contributed by atoms with Crippen molar-refractivity contribution in [2.75, 3.05) is 18.1 Å². The summed E-state index contributed by atoms with van der Waals surface area (Å²) in [4.78, 5) is 15.8. The number of carbonyl (C=O) groups excluding carboxylic acids is 1. The van der Waals surface area contributed by atoms with Crippen LogP contribution in [0.25, 0.3) is 11.4 Å². The van der Waals surface area contributed by atoms with Crippen molar-refractivity contribution in [1.82, 2.24) is 25.1 Å². The molecule has 0 N–H and O–H groups in total. The highest BCUT2D eigenvalue weighted by Gasteiger charge is 2.35. The third kappa shape index (κ3) is 4.71. The van der Waals surface area contributed by atoms with Gasteiger partial charge in [-0.3, -0.25) is 4.79 Å². The summed E-state index contributed by atoms with van der Waals surface area (Å²) in [5.74, 6) is 0.700. The van der Waals surface area contributed by atoms with Gasteiger partial charge in [-0.05, 0) is 30.0 Å². The number of aromatic nitrogens is 4. The molecule has 0 radical (unpaired) electrons. The van der Waals surface area contributed by atoms with Gasteiger partial charge in [0.1, 0.15) is 6.54 Å². The molecule has 1 aliphatic heterocycles. The Morgan fingerprint density at radius 3 is 2.70 bits per heavy atom. The predicted octanol–water partition coefficient (Wildman–Crippen LogP) is 1.32. The second-order valence-corrected chi connectivity index (χ2v) is 9.68. The van der Waals surface area contributed by atoms with Crippen molar-refractivity contribution in [3.05, 3.63) is 29.8 Å². The van der Waals surface area contributed by atoms with E-state index in [1.165, 1.54) is 4.80 Å². The smallest absolute Gasteiger partial charge is 0.246 e. The van der Waals surface area contributed by atoms with Crippen LogP contribution in [0.4, 0.5) is 0 Å². The Bertz CT molecular complexity index is 923. The molecule has 1 aliphatic rings. The molecule has 1 saturated heterocycles. The molecule has 146 valence electrons. The Morgan fingerprint density at radius 1 is 1.33 bits per heavy atom. The molecular weight excluding hydrogens is 366 g/mol. The topological polar surface area (TPSA) is 98.0 Å². The Labute approximate surface area is 159 Å². The van der Waals surface area contributed by atoms with Gasteiger partial charge in [-0.2, -0.15) is 4.80 Å². The summed E-state index contributed by atoms with van der Waals surface area (Å²) < 4.78 is 23.7. The molecule has 0 unspecified atom stereocenters. The predicted molar refractivity (Wildman–Crippen MR) is 102 cm³/mol. The normalized spacial score (nSPS) is 18.7. The second-order valence-electron chi connectivity index (χ2n) is 7.46. The average molecular weight is 391 g/mol. The van der Waals surface area contributed by atoms with Crippen molar-refractivity contribution in [1.29, 1.82) is 0 Å². The summed E-state index contributed by atoms with van der Waals surface area (Å²) >= 11 is 0. The lowest BCUT2D eigenvalue weighted by Gasteiger charge is -2.29. The minimum absolute atomic E-state index is 0.0324. The Hall–Kier alpha value is -2.29. The first-order chi connectivity index (χ1) is 12.7. The summed E-state index contributed by atoms with van der Waals surface area (Å²) in [5, 5.41) is 12.4. The van der Waals surface area contributed by atoms with Crippen molar-refractivity contribution in [2.45, 2.75) is 39.8 Å². The fraction of sp³-hybridized carbons (Fsp3) is 0.556. The SMILES string of the molecule is Cc1ccccc1-c1nnn(CC(=O)N(CC(C)C)[C@@H]2CCS(=O)(=O)C2)n1. The molecule has 27 heavy (non-hydrogen) atoms. The largest absolute Gasteiger partial charge is 0.337 e. The number of benzene rings is 1. The molecule has 1 atom stereocenters. The van der Waals surface area contributed by atoms with Gasteiger partial charge in [-0.25, -0.2) is 8.42 Å². The van der Waals surface area contributed by atoms with Crippen LogP contribution in [0.15, 0.2) is 24.3 Å². The van der Waals surface area contributed by atoms with E-state index in [1.807, 2.05) is 45.0 Å². The van der Waals surface area contributed by atoms with Crippen molar-refractivity contribution in [2.24, 2.45) is 5.92 Å². The van der Waals surface area contributed by atoms with Gasteiger partial charge in [0.05, 0.1) is 11.5 Å². The average Bonchev–Trinajstić information content (AvgIpc) is 3.19. The maximum Gasteiger partial charge on any atom is 0.246 e. The number of sulfone groups is 1. The number of hydrogen-bond acceptors (Lipinski definition) is 6. The lowest BCUT2D eigenvalue weighted by molar-refractivity contribution is -0.134. The van der Waals surface area contributed by atoms with Crippen molar-refractivity contribution >= 4 is 15.7 Å². The Kier molecular flexibility index (Phi) is 5.59. The van der Waals surface area contributed by atoms with Crippen LogP contribution >= 0.6 is 0 Å². The first-order valence-corrected chi connectivity index (χ1v) is 10.9. The summed E-state index contributed by atoms with van der Waals surface area (Å²) in [6.45, 7) is 6.44. The molecule has 2 aromatic rings. The summed E-state index contributed by atoms with van der Waals surface area (Å²) in [7, 11) is -3.06. The molecule has 0 bridgehead atoms. The molecule has 0 saturated carbocycles. The number of rotatable bonds is 6. The van der Waals surface area contributed by atoms with E-state index < -0.39 is 9.84 Å². The summed E-state index contributed by atoms with van der Waals surface area (Å²) in [6.07, 6.45) is 0.486. The Morgan fingerprint density at radius 2 is 2.07 bits per heavy atom. The molecular formula is C18H25N5O3S. The lowest BCUT2D eigenvalue weighted by Crippen LogP contribution is -2.45. The van der Waals surface area contributed by atoms with E-state index in [9.17, 15) is 13.2 Å². The van der Waals surface area contributed by atoms with E-state index in [2.05, 4.69) is 15.4 Å². The standard InChI is InChI=1S/C18H25N5O3S/c1-13(2)10-22(15-8-9-27(25,26)12-15)17(24)11-23-20-18(19-21-23)16-7-5-4-6-14(16)3/h4-7,13,15H,8-12H2,1-3H3/t15-/m1/s1. The summed E-state index contributed by atoms with van der Waals surface area (Å²) in [6, 6.07) is 7.44. The van der Waals surface area contributed by atoms with Gasteiger partial charge >= 0.3 is 0 Å². The zero-order valence-electron chi connectivity index (χ0n) is 15.9. The molecule has 3 rings (SSSR count). The van der Waals surface area contributed by atoms with E-state index in [0.29, 0.717) is 18.8 Å². The fourth-order valence-corrected chi connectivity index (χ4v) is 5.05. The molecule has 1 fully saturated rings. The monoisotopic (exact) mass is 391 g/mol. The van der Waals surface area contributed by atoms with Crippen LogP contribution in [-0.2, 0) is 21.2 Å². The third-order valence-corrected chi connectivity index (χ3v) is 6.40. The minimum atomic E-state index is -3.06. The molecule has 1 aromatic heterocycles. The van der Waals surface area contributed by atoms with Crippen molar-refractivity contribution < 1.29 is 13.2 Å². The van der Waals surface area contributed by atoms with Crippen LogP contribution in [0.2, 0.25) is 0 Å². The van der Waals surface area contributed by atoms with Crippen LogP contribution in [0.5, 0.6) is 0 Å². The van der Waals surface area contributed by atoms with Crippen LogP contribution in [-0.4, -0.2) is 63.5 Å². The zero-order chi connectivity index (χ0) is 19.6. The number of carbonyl (C=O) groups is 1. The quantitative estimate of drug-likeness (QED) is 0.737. The first-order valence-electron chi connectivity index (χ1n) is 9.09. The van der Waals surface area contributed by atoms with Gasteiger partial charge in [0, 0.05) is 18.2 Å². The summed E-state index contributed by atoms with van der Waals surface area (Å²) in [5.41, 5.74) is 1.90. The lowest BCUT2D eigenvalue weighted by atomic mass is 10.1. The second kappa shape index (κ2) is 7.75. The van der Waals surface area contributed by atoms with E-state index >= 15 is 0 Å². The number of amides is 1. The van der Waals surface area contributed by atoms with E-state index in [1.54, 1.807) is 4.90 Å². The highest BCUT2D eigenvalue weighted by atomic mass is 32.2. The van der Waals surface area contributed by atoms with E-state index in [0.717, 1.165) is 11.1 Å². The number of nitrogens with zero attached hydrogens (tertiary/aromatic N) is 5. The first kappa shape index (κ1) is 19.5. The van der Waals surface area contributed by atoms with Crippen molar-refractivity contribution in [3.8, 4) is 11.4 Å². The van der Waals surface area contributed by atoms with E-state index in [4.69, 9.17) is 0 Å². The van der Waals surface area contributed by atoms with Crippen LogP contribution in [0.3, 0.4) is 0 Å². The highest BCUT2D eigenvalue weighted by Crippen LogP contribution is 2.20. The van der Waals surface area contributed by atoms with Crippen LogP contribution in [0.1, 0.15) is 25.8 Å². The number of aryl methyl sites for hydroxylation is 1. The third-order valence-electron chi connectivity index (χ3n) is 4.65. The molecule has 0 aliphatic carbocycles. The highest BCUT2D eigenvalue weighted by molar-refractivity contribution is 7.91. The zero-order valence-corrected chi connectivity index (χ0v) is 16.7. The molecule has 9 heteroatoms. The number of tetrazole rings is 1. The van der Waals surface area contributed by atoms with Gasteiger partial charge in [-0.15, -0.1) is 10.2 Å². The van der Waals surface area contributed by atoms with Gasteiger partial charge < -0.3 is 4.90 Å². The van der Waals surface area contributed by atoms with Gasteiger partial charge in [0.25, 0.3) is 0 Å². The van der Waals surface area contributed by atoms with Crippen molar-refractivity contribution in [3.63, 3.8) is 0 Å². The van der Waals surface area contributed by atoms with Gasteiger partial charge in [0.2, 0.25) is 11.7 Å². The van der Waals surface area contributed by atoms with Gasteiger partial charge in [-0.1, -0.05) is 38.1 Å². The molecule has 0 spiro atoms. The maximum atomic E-state index is 12.9. The minimum Gasteiger partial charge on any atom is -0.337 e. The van der Waals surface area contributed by atoms with Crippen LogP contribution in [0, 0.1) is 12.8 Å². The molecule has 1 amide bonds. The Balaban J connectivity index is 1.75. The molecule has 1 aromatic carbocycles. The van der Waals surface area contributed by atoms with Gasteiger partial charge in [0.15, 0.2) is 9.84 Å². The van der Waals surface area contributed by atoms with E-state index in [-0.39, 0.29) is 35.9 Å². The fourth-order valence-electron chi connectivity index (χ4n) is 3.32. The maximum absolute atomic E-state index is 12.9. The number of hydrogen-bond donors (Lipinski definition) is 0. The van der Waals surface area contributed by atoms with Crippen LogP contribution < -0.4 is 0 Å². The molecule has 8 nitrogen and oxygen atoms in total.